The number of benzene rings is 1. The maximum Gasteiger partial charge on any atom is 0.416 e. The van der Waals surface area contributed by atoms with Gasteiger partial charge in [0, 0.05) is 12.6 Å². The van der Waals surface area contributed by atoms with Crippen LogP contribution >= 0.6 is 0 Å². The number of hydrogen-bond donors (Lipinski definition) is 2. The molecule has 1 aromatic rings. The van der Waals surface area contributed by atoms with Crippen molar-refractivity contribution in [3.05, 3.63) is 35.4 Å². The number of hydrogen-bond acceptors (Lipinski definition) is 1. The van der Waals surface area contributed by atoms with Crippen molar-refractivity contribution < 1.29 is 18.0 Å². The van der Waals surface area contributed by atoms with Crippen molar-refractivity contribution in [2.75, 3.05) is 0 Å². The molecule has 0 heterocycles. The number of carbonyl (C=O) groups excluding carboxylic acids is 1. The van der Waals surface area contributed by atoms with Crippen LogP contribution in [0.1, 0.15) is 43.2 Å². The van der Waals surface area contributed by atoms with Gasteiger partial charge >= 0.3 is 12.2 Å². The molecule has 4 aliphatic carbocycles. The number of rotatable bonds is 3. The lowest BCUT2D eigenvalue weighted by molar-refractivity contribution is -0.137. The maximum absolute atomic E-state index is 12.7. The first-order chi connectivity index (χ1) is 11.9. The summed E-state index contributed by atoms with van der Waals surface area (Å²) >= 11 is 0. The fourth-order valence-electron chi connectivity index (χ4n) is 5.40. The minimum atomic E-state index is -4.36. The molecule has 0 spiro atoms. The summed E-state index contributed by atoms with van der Waals surface area (Å²) in [5.74, 6) is 2.84. The highest BCUT2D eigenvalue weighted by molar-refractivity contribution is 5.74. The quantitative estimate of drug-likeness (QED) is 0.835. The molecule has 5 rings (SSSR count). The summed E-state index contributed by atoms with van der Waals surface area (Å²) in [6, 6.07) is 5.05. The number of amides is 2. The first-order valence-corrected chi connectivity index (χ1v) is 9.09. The second-order valence-electron chi connectivity index (χ2n) is 7.98. The largest absolute Gasteiger partial charge is 0.416 e. The summed E-state index contributed by atoms with van der Waals surface area (Å²) < 4.78 is 38.2. The Kier molecular flexibility index (Phi) is 4.16. The van der Waals surface area contributed by atoms with Crippen LogP contribution in [0.15, 0.2) is 24.3 Å². The fraction of sp³-hybridized carbons (Fsp3) is 0.632. The van der Waals surface area contributed by atoms with Gasteiger partial charge in [-0.25, -0.2) is 4.79 Å². The van der Waals surface area contributed by atoms with E-state index in [0.717, 1.165) is 24.0 Å². The molecule has 136 valence electrons. The topological polar surface area (TPSA) is 41.1 Å². The van der Waals surface area contributed by atoms with Gasteiger partial charge in [0.2, 0.25) is 0 Å². The highest BCUT2D eigenvalue weighted by Crippen LogP contribution is 2.53. The minimum absolute atomic E-state index is 0.100. The number of alkyl halides is 3. The van der Waals surface area contributed by atoms with Crippen LogP contribution in [0, 0.1) is 23.7 Å². The van der Waals surface area contributed by atoms with E-state index in [0.29, 0.717) is 17.4 Å². The predicted molar refractivity (Wildman–Crippen MR) is 87.6 cm³/mol. The molecule has 0 unspecified atom stereocenters. The number of urea groups is 1. The van der Waals surface area contributed by atoms with Crippen LogP contribution in [0.4, 0.5) is 18.0 Å². The van der Waals surface area contributed by atoms with E-state index >= 15 is 0 Å². The lowest BCUT2D eigenvalue weighted by Crippen LogP contribution is -2.57. The van der Waals surface area contributed by atoms with E-state index in [-0.39, 0.29) is 18.6 Å². The third kappa shape index (κ3) is 3.48. The summed E-state index contributed by atoms with van der Waals surface area (Å²) in [5.41, 5.74) is -0.233. The molecule has 4 saturated carbocycles. The van der Waals surface area contributed by atoms with E-state index in [2.05, 4.69) is 10.6 Å². The van der Waals surface area contributed by atoms with Crippen LogP contribution in [0.5, 0.6) is 0 Å². The summed E-state index contributed by atoms with van der Waals surface area (Å²) in [4.78, 5) is 12.2. The Balaban J connectivity index is 1.33. The molecule has 4 bridgehead atoms. The molecular weight excluding hydrogens is 329 g/mol. The van der Waals surface area contributed by atoms with E-state index < -0.39 is 11.7 Å². The first kappa shape index (κ1) is 16.7. The standard InChI is InChI=1S/C19H23F3N2O/c20-19(21,22)16-3-1-2-11(9-16)10-23-18(25)24-17-14-5-12-4-13(7-14)8-15(17)6-12/h1-3,9,12-15,17H,4-8,10H2,(H2,23,24,25). The Hall–Kier alpha value is -1.72. The number of nitrogens with one attached hydrogen (secondary N) is 2. The van der Waals surface area contributed by atoms with E-state index in [1.807, 2.05) is 0 Å². The van der Waals surface area contributed by atoms with E-state index in [9.17, 15) is 18.0 Å². The minimum Gasteiger partial charge on any atom is -0.335 e. The average molecular weight is 352 g/mol. The van der Waals surface area contributed by atoms with Crippen molar-refractivity contribution in [2.45, 2.75) is 50.9 Å². The van der Waals surface area contributed by atoms with Crippen LogP contribution < -0.4 is 10.6 Å². The van der Waals surface area contributed by atoms with Crippen molar-refractivity contribution in [3.63, 3.8) is 0 Å². The summed E-state index contributed by atoms with van der Waals surface area (Å²) in [5, 5.41) is 5.82. The lowest BCUT2D eigenvalue weighted by atomic mass is 9.54. The van der Waals surface area contributed by atoms with Crippen LogP contribution in [0.2, 0.25) is 0 Å². The zero-order chi connectivity index (χ0) is 17.6. The van der Waals surface area contributed by atoms with Crippen LogP contribution in [0.3, 0.4) is 0 Å². The van der Waals surface area contributed by atoms with Crippen molar-refractivity contribution in [2.24, 2.45) is 23.7 Å². The van der Waals surface area contributed by atoms with Crippen molar-refractivity contribution in [3.8, 4) is 0 Å². The molecule has 4 aliphatic rings. The molecule has 4 fully saturated rings. The normalized spacial score (nSPS) is 33.3. The van der Waals surface area contributed by atoms with Gasteiger partial charge in [0.15, 0.2) is 0 Å². The molecule has 0 saturated heterocycles. The first-order valence-electron chi connectivity index (χ1n) is 9.09. The molecule has 6 heteroatoms. The summed E-state index contributed by atoms with van der Waals surface area (Å²) in [6.07, 6.45) is 1.86. The van der Waals surface area contributed by atoms with Crippen LogP contribution in [-0.4, -0.2) is 12.1 Å². The van der Waals surface area contributed by atoms with Gasteiger partial charge in [-0.15, -0.1) is 0 Å². The summed E-state index contributed by atoms with van der Waals surface area (Å²) in [7, 11) is 0. The molecule has 1 aromatic carbocycles. The highest BCUT2D eigenvalue weighted by Gasteiger charge is 2.48. The zero-order valence-corrected chi connectivity index (χ0v) is 14.0. The van der Waals surface area contributed by atoms with Crippen molar-refractivity contribution in [1.29, 1.82) is 0 Å². The second-order valence-corrected chi connectivity index (χ2v) is 7.98. The van der Waals surface area contributed by atoms with Gasteiger partial charge in [-0.1, -0.05) is 12.1 Å². The van der Waals surface area contributed by atoms with Crippen molar-refractivity contribution in [1.82, 2.24) is 10.6 Å². The van der Waals surface area contributed by atoms with Gasteiger partial charge < -0.3 is 10.6 Å². The monoisotopic (exact) mass is 352 g/mol. The molecule has 0 radical (unpaired) electrons. The average Bonchev–Trinajstić information content (AvgIpc) is 2.55. The lowest BCUT2D eigenvalue weighted by Gasteiger charge is -2.54. The van der Waals surface area contributed by atoms with Crippen molar-refractivity contribution >= 4 is 6.03 Å². The Morgan fingerprint density at radius 3 is 2.28 bits per heavy atom. The molecule has 3 nitrogen and oxygen atoms in total. The van der Waals surface area contributed by atoms with E-state index in [1.54, 1.807) is 6.07 Å². The van der Waals surface area contributed by atoms with Gasteiger partial charge in [0.1, 0.15) is 0 Å². The van der Waals surface area contributed by atoms with Gasteiger partial charge in [-0.3, -0.25) is 0 Å². The third-order valence-electron chi connectivity index (χ3n) is 6.23. The Bertz CT molecular complexity index is 630. The number of carbonyl (C=O) groups is 1. The number of halogens is 3. The Morgan fingerprint density at radius 2 is 1.68 bits per heavy atom. The molecule has 2 amide bonds. The van der Waals surface area contributed by atoms with Crippen LogP contribution in [0.25, 0.3) is 0 Å². The summed E-state index contributed by atoms with van der Waals surface area (Å²) in [6.45, 7) is 0.100. The van der Waals surface area contributed by atoms with E-state index in [1.165, 1.54) is 38.2 Å². The fourth-order valence-corrected chi connectivity index (χ4v) is 5.40. The molecule has 0 aromatic heterocycles. The Labute approximate surface area is 145 Å². The molecule has 0 aliphatic heterocycles. The Morgan fingerprint density at radius 1 is 1.04 bits per heavy atom. The second kappa shape index (κ2) is 6.22. The zero-order valence-electron chi connectivity index (χ0n) is 14.0. The maximum atomic E-state index is 12.7. The van der Waals surface area contributed by atoms with Crippen LogP contribution in [-0.2, 0) is 12.7 Å². The SMILES string of the molecule is O=C(NCc1cccc(C(F)(F)F)c1)NC1C2CC3CC(C2)CC1C3. The predicted octanol–water partition coefficient (Wildman–Crippen LogP) is 4.33. The highest BCUT2D eigenvalue weighted by atomic mass is 19.4. The van der Waals surface area contributed by atoms with E-state index in [4.69, 9.17) is 0 Å². The molecular formula is C19H23F3N2O. The third-order valence-corrected chi connectivity index (χ3v) is 6.23. The molecule has 25 heavy (non-hydrogen) atoms. The molecule has 2 N–H and O–H groups in total. The van der Waals surface area contributed by atoms with Gasteiger partial charge in [-0.05, 0) is 73.5 Å². The smallest absolute Gasteiger partial charge is 0.335 e. The van der Waals surface area contributed by atoms with Gasteiger partial charge in [0.25, 0.3) is 0 Å². The van der Waals surface area contributed by atoms with Gasteiger partial charge in [0.05, 0.1) is 5.56 Å². The van der Waals surface area contributed by atoms with Gasteiger partial charge in [-0.2, -0.15) is 13.2 Å². The molecule has 0 atom stereocenters.